The predicted molar refractivity (Wildman–Crippen MR) is 97.5 cm³/mol. The number of carbonyl (C=O) groups is 1. The van der Waals surface area contributed by atoms with Gasteiger partial charge in [0.05, 0.1) is 13.1 Å². The molecule has 0 radical (unpaired) electrons. The summed E-state index contributed by atoms with van der Waals surface area (Å²) in [6.45, 7) is 7.45. The molecule has 0 saturated heterocycles. The van der Waals surface area contributed by atoms with Gasteiger partial charge < -0.3 is 14.8 Å². The van der Waals surface area contributed by atoms with Crippen molar-refractivity contribution in [3.05, 3.63) is 52.0 Å². The van der Waals surface area contributed by atoms with E-state index in [2.05, 4.69) is 10.3 Å². The molecule has 0 fully saturated rings. The molecule has 2 rings (SSSR count). The lowest BCUT2D eigenvalue weighted by molar-refractivity contribution is 0.193. The van der Waals surface area contributed by atoms with Crippen molar-refractivity contribution in [1.82, 2.24) is 19.8 Å². The summed E-state index contributed by atoms with van der Waals surface area (Å²) in [6.07, 6.45) is 3.61. The minimum atomic E-state index is -0.0911. The number of carbonyl (C=O) groups excluding carboxylic acids is 1. The summed E-state index contributed by atoms with van der Waals surface area (Å²) >= 11 is 12.2. The molecule has 0 aliphatic carbocycles. The number of rotatable bonds is 6. The highest BCUT2D eigenvalue weighted by Crippen LogP contribution is 2.22. The van der Waals surface area contributed by atoms with Crippen LogP contribution in [-0.2, 0) is 13.1 Å². The van der Waals surface area contributed by atoms with Gasteiger partial charge >= 0.3 is 6.03 Å². The van der Waals surface area contributed by atoms with Crippen molar-refractivity contribution >= 4 is 29.2 Å². The summed E-state index contributed by atoms with van der Waals surface area (Å²) in [6, 6.07) is 5.44. The average Bonchev–Trinajstić information content (AvgIpc) is 2.93. The van der Waals surface area contributed by atoms with Gasteiger partial charge in [-0.15, -0.1) is 0 Å². The molecule has 0 spiro atoms. The van der Waals surface area contributed by atoms with Gasteiger partial charge in [-0.25, -0.2) is 9.78 Å². The molecule has 0 saturated carbocycles. The SMILES string of the molecule is CCN(Cc1nccn1Cc1ccc(Cl)cc1Cl)C(=O)NC(C)C. The number of aromatic nitrogens is 2. The Morgan fingerprint density at radius 2 is 2.12 bits per heavy atom. The third-order valence-electron chi connectivity index (χ3n) is 3.57. The molecule has 7 heteroatoms. The number of benzene rings is 1. The van der Waals surface area contributed by atoms with Gasteiger partial charge in [-0.3, -0.25) is 0 Å². The van der Waals surface area contributed by atoms with E-state index in [9.17, 15) is 4.79 Å². The molecule has 0 aliphatic rings. The maximum atomic E-state index is 12.2. The Kier molecular flexibility index (Phi) is 6.52. The predicted octanol–water partition coefficient (Wildman–Crippen LogP) is 4.18. The first-order valence-corrected chi connectivity index (χ1v) is 8.65. The minimum absolute atomic E-state index is 0.0911. The number of nitrogens with one attached hydrogen (secondary N) is 1. The number of hydrogen-bond donors (Lipinski definition) is 1. The molecule has 0 aliphatic heterocycles. The summed E-state index contributed by atoms with van der Waals surface area (Å²) in [7, 11) is 0. The Hall–Kier alpha value is -1.72. The Bertz CT molecular complexity index is 700. The molecule has 0 atom stereocenters. The Morgan fingerprint density at radius 1 is 1.38 bits per heavy atom. The smallest absolute Gasteiger partial charge is 0.317 e. The molecule has 1 aromatic carbocycles. The number of hydrogen-bond acceptors (Lipinski definition) is 2. The summed E-state index contributed by atoms with van der Waals surface area (Å²) in [5, 5.41) is 4.13. The van der Waals surface area contributed by atoms with E-state index in [-0.39, 0.29) is 12.1 Å². The van der Waals surface area contributed by atoms with Crippen molar-refractivity contribution in [3.63, 3.8) is 0 Å². The first-order valence-electron chi connectivity index (χ1n) is 7.90. The molecule has 24 heavy (non-hydrogen) atoms. The molecule has 130 valence electrons. The monoisotopic (exact) mass is 368 g/mol. The van der Waals surface area contributed by atoms with E-state index >= 15 is 0 Å². The lowest BCUT2D eigenvalue weighted by Gasteiger charge is -2.23. The van der Waals surface area contributed by atoms with Gasteiger partial charge in [-0.1, -0.05) is 29.3 Å². The number of imidazole rings is 1. The third kappa shape index (κ3) is 4.89. The first-order chi connectivity index (χ1) is 11.4. The molecule has 1 N–H and O–H groups in total. The molecule has 5 nitrogen and oxygen atoms in total. The Balaban J connectivity index is 2.13. The maximum absolute atomic E-state index is 12.2. The average molecular weight is 369 g/mol. The van der Waals surface area contributed by atoms with E-state index < -0.39 is 0 Å². The van der Waals surface area contributed by atoms with Gasteiger partial charge in [-0.05, 0) is 38.5 Å². The van der Waals surface area contributed by atoms with Crippen LogP contribution in [0.15, 0.2) is 30.6 Å². The molecular formula is C17H22Cl2N4O. The quantitative estimate of drug-likeness (QED) is 0.831. The largest absolute Gasteiger partial charge is 0.336 e. The van der Waals surface area contributed by atoms with E-state index in [0.29, 0.717) is 29.7 Å². The normalized spacial score (nSPS) is 10.9. The van der Waals surface area contributed by atoms with Crippen molar-refractivity contribution in [1.29, 1.82) is 0 Å². The molecular weight excluding hydrogens is 347 g/mol. The van der Waals surface area contributed by atoms with E-state index in [1.807, 2.05) is 43.7 Å². The van der Waals surface area contributed by atoms with Gasteiger partial charge in [0.15, 0.2) is 0 Å². The summed E-state index contributed by atoms with van der Waals surface area (Å²) in [5.41, 5.74) is 0.954. The third-order valence-corrected chi connectivity index (χ3v) is 4.16. The maximum Gasteiger partial charge on any atom is 0.317 e. The molecule has 2 amide bonds. The highest BCUT2D eigenvalue weighted by Gasteiger charge is 2.16. The lowest BCUT2D eigenvalue weighted by Crippen LogP contribution is -2.42. The van der Waals surface area contributed by atoms with Gasteiger partial charge in [0, 0.05) is 35.0 Å². The van der Waals surface area contributed by atoms with Crippen molar-refractivity contribution in [2.75, 3.05) is 6.54 Å². The van der Waals surface area contributed by atoms with Crippen molar-refractivity contribution < 1.29 is 4.79 Å². The number of amides is 2. The fourth-order valence-corrected chi connectivity index (χ4v) is 2.77. The van der Waals surface area contributed by atoms with Crippen LogP contribution < -0.4 is 5.32 Å². The summed E-state index contributed by atoms with van der Waals surface area (Å²) in [4.78, 5) is 18.3. The number of urea groups is 1. The van der Waals surface area contributed by atoms with Crippen LogP contribution in [0.5, 0.6) is 0 Å². The molecule has 1 heterocycles. The van der Waals surface area contributed by atoms with Gasteiger partial charge in [-0.2, -0.15) is 0 Å². The second kappa shape index (κ2) is 8.40. The van der Waals surface area contributed by atoms with Crippen LogP contribution in [0.2, 0.25) is 10.0 Å². The van der Waals surface area contributed by atoms with Crippen LogP contribution in [0.4, 0.5) is 4.79 Å². The highest BCUT2D eigenvalue weighted by atomic mass is 35.5. The summed E-state index contributed by atoms with van der Waals surface area (Å²) < 4.78 is 1.99. The van der Waals surface area contributed by atoms with E-state index in [4.69, 9.17) is 23.2 Å². The molecule has 0 bridgehead atoms. The van der Waals surface area contributed by atoms with E-state index in [1.165, 1.54) is 0 Å². The first kappa shape index (κ1) is 18.6. The zero-order valence-corrected chi connectivity index (χ0v) is 15.6. The van der Waals surface area contributed by atoms with Crippen LogP contribution >= 0.6 is 23.2 Å². The van der Waals surface area contributed by atoms with E-state index in [0.717, 1.165) is 11.4 Å². The zero-order chi connectivity index (χ0) is 17.7. The minimum Gasteiger partial charge on any atom is -0.336 e. The molecule has 0 unspecified atom stereocenters. The van der Waals surface area contributed by atoms with E-state index in [1.54, 1.807) is 17.2 Å². The van der Waals surface area contributed by atoms with Crippen LogP contribution in [0.3, 0.4) is 0 Å². The second-order valence-electron chi connectivity index (χ2n) is 5.83. The van der Waals surface area contributed by atoms with Crippen LogP contribution in [0.1, 0.15) is 32.2 Å². The topological polar surface area (TPSA) is 50.2 Å². The summed E-state index contributed by atoms with van der Waals surface area (Å²) in [5.74, 6) is 0.807. The van der Waals surface area contributed by atoms with Crippen LogP contribution in [0.25, 0.3) is 0 Å². The van der Waals surface area contributed by atoms with Gasteiger partial charge in [0.2, 0.25) is 0 Å². The molecule has 2 aromatic rings. The number of halogens is 2. The van der Waals surface area contributed by atoms with Crippen molar-refractivity contribution in [3.8, 4) is 0 Å². The van der Waals surface area contributed by atoms with Crippen LogP contribution in [-0.4, -0.2) is 33.1 Å². The fourth-order valence-electron chi connectivity index (χ4n) is 2.31. The molecule has 1 aromatic heterocycles. The van der Waals surface area contributed by atoms with Crippen molar-refractivity contribution in [2.45, 2.75) is 39.9 Å². The standard InChI is InChI=1S/C17H22Cl2N4O/c1-4-22(17(24)21-12(2)3)11-16-20-7-8-23(16)10-13-5-6-14(18)9-15(13)19/h5-9,12H,4,10-11H2,1-3H3,(H,21,24). The van der Waals surface area contributed by atoms with Crippen molar-refractivity contribution in [2.24, 2.45) is 0 Å². The Labute approximate surface area is 152 Å². The fraction of sp³-hybridized carbons (Fsp3) is 0.412. The van der Waals surface area contributed by atoms with Gasteiger partial charge in [0.1, 0.15) is 5.82 Å². The lowest BCUT2D eigenvalue weighted by atomic mass is 10.2. The highest BCUT2D eigenvalue weighted by molar-refractivity contribution is 6.35. The second-order valence-corrected chi connectivity index (χ2v) is 6.67. The van der Waals surface area contributed by atoms with Gasteiger partial charge in [0.25, 0.3) is 0 Å². The zero-order valence-electron chi connectivity index (χ0n) is 14.1. The number of nitrogens with zero attached hydrogens (tertiary/aromatic N) is 3. The van der Waals surface area contributed by atoms with Crippen LogP contribution in [0, 0.1) is 0 Å². The Morgan fingerprint density at radius 3 is 2.75 bits per heavy atom.